The van der Waals surface area contributed by atoms with Gasteiger partial charge < -0.3 is 15.3 Å². The van der Waals surface area contributed by atoms with Crippen molar-refractivity contribution in [3.63, 3.8) is 0 Å². The number of nitrogens with one attached hydrogen (secondary N) is 1. The first-order chi connectivity index (χ1) is 5.61. The van der Waals surface area contributed by atoms with Crippen LogP contribution in [0.1, 0.15) is 26.7 Å². The molecule has 2 unspecified atom stereocenters. The number of hydrogen-bond acceptors (Lipinski definition) is 4. The normalized spacial score (nSPS) is 14.9. The highest BCUT2D eigenvalue weighted by molar-refractivity contribution is 7.37. The summed E-state index contributed by atoms with van der Waals surface area (Å²) in [5.41, 5.74) is 0. The topological polar surface area (TPSA) is 72.4 Å². The smallest absolute Gasteiger partial charge is 0.342 e. The SMILES string of the molecule is CCC(CC)NCC(O)[P+](=O)[O-]. The second-order valence-corrected chi connectivity index (χ2v) is 3.85. The van der Waals surface area contributed by atoms with Crippen molar-refractivity contribution in [3.8, 4) is 0 Å². The summed E-state index contributed by atoms with van der Waals surface area (Å²) < 4.78 is 10.2. The van der Waals surface area contributed by atoms with E-state index in [4.69, 9.17) is 5.11 Å². The molecule has 0 aromatic rings. The molecule has 0 bridgehead atoms. The summed E-state index contributed by atoms with van der Waals surface area (Å²) in [5.74, 6) is -1.25. The van der Waals surface area contributed by atoms with E-state index in [1.807, 2.05) is 13.8 Å². The predicted molar refractivity (Wildman–Crippen MR) is 46.0 cm³/mol. The van der Waals surface area contributed by atoms with Gasteiger partial charge in [-0.1, -0.05) is 18.4 Å². The van der Waals surface area contributed by atoms with Gasteiger partial charge in [-0.15, -0.1) is 0 Å². The highest BCUT2D eigenvalue weighted by Gasteiger charge is 2.17. The summed E-state index contributed by atoms with van der Waals surface area (Å²) in [5, 5.41) is 11.9. The average Bonchev–Trinajstić information content (AvgIpc) is 2.05. The fraction of sp³-hybridized carbons (Fsp3) is 1.00. The van der Waals surface area contributed by atoms with Gasteiger partial charge in [0, 0.05) is 6.04 Å². The Labute approximate surface area is 73.9 Å². The van der Waals surface area contributed by atoms with Gasteiger partial charge in [-0.05, 0) is 12.8 Å². The van der Waals surface area contributed by atoms with Crippen LogP contribution in [0.25, 0.3) is 0 Å². The lowest BCUT2D eigenvalue weighted by Gasteiger charge is -2.14. The Hall–Kier alpha value is -0.0200. The van der Waals surface area contributed by atoms with Crippen LogP contribution < -0.4 is 10.2 Å². The van der Waals surface area contributed by atoms with E-state index >= 15 is 0 Å². The summed E-state index contributed by atoms with van der Waals surface area (Å²) >= 11 is 0. The molecule has 4 nitrogen and oxygen atoms in total. The van der Waals surface area contributed by atoms with E-state index in [1.165, 1.54) is 0 Å². The fourth-order valence-electron chi connectivity index (χ4n) is 0.924. The number of aliphatic hydroxyl groups excluding tert-OH is 1. The van der Waals surface area contributed by atoms with E-state index < -0.39 is 13.9 Å². The third kappa shape index (κ3) is 4.78. The lowest BCUT2D eigenvalue weighted by atomic mass is 10.2. The van der Waals surface area contributed by atoms with Crippen LogP contribution in [0.2, 0.25) is 0 Å². The molecule has 0 aromatic carbocycles. The van der Waals surface area contributed by atoms with Gasteiger partial charge in [0.15, 0.2) is 0 Å². The van der Waals surface area contributed by atoms with Gasteiger partial charge in [0.25, 0.3) is 5.85 Å². The third-order valence-electron chi connectivity index (χ3n) is 1.82. The molecule has 0 aliphatic heterocycles. The molecular formula is C7H16NO3P. The molecule has 0 amide bonds. The number of rotatable bonds is 6. The molecule has 0 fully saturated rings. The molecule has 0 aliphatic rings. The Morgan fingerprint density at radius 2 is 2.00 bits per heavy atom. The quantitative estimate of drug-likeness (QED) is 0.590. The molecule has 5 heteroatoms. The first kappa shape index (κ1) is 12.0. The van der Waals surface area contributed by atoms with Crippen LogP contribution in [-0.4, -0.2) is 23.5 Å². The molecule has 12 heavy (non-hydrogen) atoms. The Morgan fingerprint density at radius 3 is 2.33 bits per heavy atom. The largest absolute Gasteiger partial charge is 0.593 e. The van der Waals surface area contributed by atoms with Crippen molar-refractivity contribution in [2.45, 2.75) is 38.6 Å². The molecular weight excluding hydrogens is 177 g/mol. The Kier molecular flexibility index (Phi) is 6.48. The molecule has 0 aliphatic carbocycles. The first-order valence-electron chi connectivity index (χ1n) is 4.16. The molecule has 0 rings (SSSR count). The minimum Gasteiger partial charge on any atom is -0.593 e. The van der Waals surface area contributed by atoms with Crippen molar-refractivity contribution >= 4 is 8.03 Å². The van der Waals surface area contributed by atoms with Crippen LogP contribution >= 0.6 is 8.03 Å². The zero-order chi connectivity index (χ0) is 9.56. The highest BCUT2D eigenvalue weighted by Crippen LogP contribution is 2.13. The maximum atomic E-state index is 10.2. The highest BCUT2D eigenvalue weighted by atomic mass is 31.1. The van der Waals surface area contributed by atoms with E-state index in [0.29, 0.717) is 6.04 Å². The van der Waals surface area contributed by atoms with Gasteiger partial charge in [-0.2, -0.15) is 0 Å². The standard InChI is InChI=1S/C7H16NO3P/c1-3-6(4-2)8-5-7(9)12(10)11/h6-9H,3-5H2,1-2H3. The third-order valence-corrected chi connectivity index (χ3v) is 2.49. The van der Waals surface area contributed by atoms with E-state index in [9.17, 15) is 9.46 Å². The van der Waals surface area contributed by atoms with Gasteiger partial charge in [-0.3, -0.25) is 0 Å². The zero-order valence-corrected chi connectivity index (χ0v) is 8.38. The summed E-state index contributed by atoms with van der Waals surface area (Å²) in [6.45, 7) is 4.17. The molecule has 72 valence electrons. The van der Waals surface area contributed by atoms with Gasteiger partial charge in [0.05, 0.1) is 6.54 Å². The van der Waals surface area contributed by atoms with Gasteiger partial charge in [0.2, 0.25) is 0 Å². The van der Waals surface area contributed by atoms with Crippen molar-refractivity contribution < 1.29 is 14.6 Å². The summed E-state index contributed by atoms with van der Waals surface area (Å²) in [6.07, 6.45) is 1.89. The summed E-state index contributed by atoms with van der Waals surface area (Å²) in [7, 11) is -2.71. The van der Waals surface area contributed by atoms with Crippen LogP contribution in [0, 0.1) is 0 Å². The second-order valence-electron chi connectivity index (χ2n) is 2.69. The Morgan fingerprint density at radius 1 is 1.50 bits per heavy atom. The van der Waals surface area contributed by atoms with Crippen LogP contribution in [0.3, 0.4) is 0 Å². The number of hydrogen-bond donors (Lipinski definition) is 2. The predicted octanol–water partition coefficient (Wildman–Crippen LogP) is 0.186. The minimum absolute atomic E-state index is 0.130. The van der Waals surface area contributed by atoms with E-state index in [1.54, 1.807) is 0 Å². The van der Waals surface area contributed by atoms with Gasteiger partial charge in [0.1, 0.15) is 0 Å². The fourth-order valence-corrected chi connectivity index (χ4v) is 1.18. The monoisotopic (exact) mass is 193 g/mol. The molecule has 0 spiro atoms. The zero-order valence-electron chi connectivity index (χ0n) is 7.49. The van der Waals surface area contributed by atoms with Crippen LogP contribution in [0.5, 0.6) is 0 Å². The van der Waals surface area contributed by atoms with Crippen LogP contribution in [-0.2, 0) is 4.57 Å². The van der Waals surface area contributed by atoms with Crippen molar-refractivity contribution in [1.29, 1.82) is 0 Å². The van der Waals surface area contributed by atoms with E-state index in [2.05, 4.69) is 5.32 Å². The van der Waals surface area contributed by atoms with Crippen molar-refractivity contribution in [2.24, 2.45) is 0 Å². The lowest BCUT2D eigenvalue weighted by Crippen LogP contribution is -2.34. The molecule has 0 heterocycles. The second kappa shape index (κ2) is 6.49. The van der Waals surface area contributed by atoms with E-state index in [-0.39, 0.29) is 6.54 Å². The average molecular weight is 193 g/mol. The summed E-state index contributed by atoms with van der Waals surface area (Å²) in [6, 6.07) is 0.301. The maximum absolute atomic E-state index is 10.2. The van der Waals surface area contributed by atoms with Crippen molar-refractivity contribution in [3.05, 3.63) is 0 Å². The van der Waals surface area contributed by atoms with Gasteiger partial charge >= 0.3 is 8.03 Å². The molecule has 2 atom stereocenters. The molecule has 0 saturated heterocycles. The Balaban J connectivity index is 3.58. The Bertz CT molecular complexity index is 139. The van der Waals surface area contributed by atoms with Crippen LogP contribution in [0.4, 0.5) is 0 Å². The van der Waals surface area contributed by atoms with Crippen molar-refractivity contribution in [1.82, 2.24) is 5.32 Å². The maximum Gasteiger partial charge on any atom is 0.342 e. The lowest BCUT2D eigenvalue weighted by molar-refractivity contribution is -0.171. The van der Waals surface area contributed by atoms with Crippen molar-refractivity contribution in [2.75, 3.05) is 6.54 Å². The molecule has 0 aromatic heterocycles. The van der Waals surface area contributed by atoms with Crippen LogP contribution in [0.15, 0.2) is 0 Å². The first-order valence-corrected chi connectivity index (χ1v) is 5.41. The minimum atomic E-state index is -2.71. The molecule has 2 N–H and O–H groups in total. The molecule has 0 saturated carbocycles. The summed E-state index contributed by atoms with van der Waals surface area (Å²) in [4.78, 5) is 10.2. The van der Waals surface area contributed by atoms with E-state index in [0.717, 1.165) is 12.8 Å². The number of aliphatic hydroxyl groups is 1. The molecule has 0 radical (unpaired) electrons. The van der Waals surface area contributed by atoms with Gasteiger partial charge in [-0.25, -0.2) is 0 Å².